The maximum atomic E-state index is 5.26. The molecular formula is C7H12N2O2. The molecule has 1 aromatic heterocycles. The normalized spacial score (nSPS) is 10.5. The van der Waals surface area contributed by atoms with E-state index in [0.717, 1.165) is 11.5 Å². The standard InChI is InChI=1S/C7H12N2O2/c1-5-7(4-8-10-3)11-6(2)9-5/h8H,4H2,1-3H3. The Bertz CT molecular complexity index is 232. The van der Waals surface area contributed by atoms with Crippen molar-refractivity contribution in [1.29, 1.82) is 0 Å². The SMILES string of the molecule is CONCc1oc(C)nc1C. The highest BCUT2D eigenvalue weighted by molar-refractivity contribution is 5.06. The third-order valence-corrected chi connectivity index (χ3v) is 1.38. The number of aromatic nitrogens is 1. The van der Waals surface area contributed by atoms with Crippen LogP contribution in [0.2, 0.25) is 0 Å². The van der Waals surface area contributed by atoms with Crippen molar-refractivity contribution in [2.24, 2.45) is 0 Å². The highest BCUT2D eigenvalue weighted by Crippen LogP contribution is 2.07. The molecule has 0 fully saturated rings. The third-order valence-electron chi connectivity index (χ3n) is 1.38. The van der Waals surface area contributed by atoms with Crippen molar-refractivity contribution in [3.8, 4) is 0 Å². The number of hydrogen-bond donors (Lipinski definition) is 1. The molecule has 62 valence electrons. The second kappa shape index (κ2) is 3.50. The average molecular weight is 156 g/mol. The molecule has 0 aliphatic rings. The molecule has 0 radical (unpaired) electrons. The Hall–Kier alpha value is -0.870. The number of oxazole rings is 1. The van der Waals surface area contributed by atoms with Crippen molar-refractivity contribution in [2.45, 2.75) is 20.4 Å². The van der Waals surface area contributed by atoms with Gasteiger partial charge < -0.3 is 9.25 Å². The molecule has 4 nitrogen and oxygen atoms in total. The van der Waals surface area contributed by atoms with Gasteiger partial charge in [-0.2, -0.15) is 5.48 Å². The quantitative estimate of drug-likeness (QED) is 0.662. The predicted octanol–water partition coefficient (Wildman–Crippen LogP) is 0.942. The highest BCUT2D eigenvalue weighted by atomic mass is 16.6. The second-order valence-electron chi connectivity index (χ2n) is 2.27. The molecule has 0 saturated carbocycles. The molecule has 0 atom stereocenters. The van der Waals surface area contributed by atoms with E-state index in [1.807, 2.05) is 13.8 Å². The molecule has 0 unspecified atom stereocenters. The van der Waals surface area contributed by atoms with Crippen LogP contribution in [0.1, 0.15) is 17.3 Å². The van der Waals surface area contributed by atoms with Gasteiger partial charge >= 0.3 is 0 Å². The van der Waals surface area contributed by atoms with Crippen LogP contribution in [0.3, 0.4) is 0 Å². The largest absolute Gasteiger partial charge is 0.444 e. The van der Waals surface area contributed by atoms with E-state index in [9.17, 15) is 0 Å². The number of nitrogens with zero attached hydrogens (tertiary/aromatic N) is 1. The molecule has 0 bridgehead atoms. The third kappa shape index (κ3) is 2.03. The molecule has 0 aliphatic heterocycles. The first-order valence-electron chi connectivity index (χ1n) is 3.42. The summed E-state index contributed by atoms with van der Waals surface area (Å²) in [6.45, 7) is 4.29. The molecule has 11 heavy (non-hydrogen) atoms. The van der Waals surface area contributed by atoms with Crippen LogP contribution in [0.15, 0.2) is 4.42 Å². The Balaban J connectivity index is 2.62. The number of aryl methyl sites for hydroxylation is 2. The van der Waals surface area contributed by atoms with E-state index >= 15 is 0 Å². The predicted molar refractivity (Wildman–Crippen MR) is 39.8 cm³/mol. The van der Waals surface area contributed by atoms with Gasteiger partial charge in [-0.25, -0.2) is 4.98 Å². The van der Waals surface area contributed by atoms with Gasteiger partial charge in [0.25, 0.3) is 0 Å². The maximum absolute atomic E-state index is 5.26. The van der Waals surface area contributed by atoms with Gasteiger partial charge in [-0.05, 0) is 6.92 Å². The fraction of sp³-hybridized carbons (Fsp3) is 0.571. The second-order valence-corrected chi connectivity index (χ2v) is 2.27. The van der Waals surface area contributed by atoms with E-state index in [0.29, 0.717) is 12.4 Å². The summed E-state index contributed by atoms with van der Waals surface area (Å²) in [6, 6.07) is 0. The monoisotopic (exact) mass is 156 g/mol. The zero-order valence-corrected chi connectivity index (χ0v) is 6.97. The summed E-state index contributed by atoms with van der Waals surface area (Å²) in [5.74, 6) is 1.51. The summed E-state index contributed by atoms with van der Waals surface area (Å²) in [4.78, 5) is 8.77. The van der Waals surface area contributed by atoms with Gasteiger partial charge in [-0.3, -0.25) is 0 Å². The van der Waals surface area contributed by atoms with Crippen LogP contribution in [0, 0.1) is 13.8 Å². The van der Waals surface area contributed by atoms with Gasteiger partial charge in [0, 0.05) is 6.92 Å². The van der Waals surface area contributed by atoms with Crippen molar-refractivity contribution in [1.82, 2.24) is 10.5 Å². The van der Waals surface area contributed by atoms with E-state index < -0.39 is 0 Å². The fourth-order valence-corrected chi connectivity index (χ4v) is 0.875. The topological polar surface area (TPSA) is 47.3 Å². The van der Waals surface area contributed by atoms with Crippen LogP contribution >= 0.6 is 0 Å². The summed E-state index contributed by atoms with van der Waals surface area (Å²) in [5, 5.41) is 0. The van der Waals surface area contributed by atoms with Crippen LogP contribution in [-0.2, 0) is 11.4 Å². The van der Waals surface area contributed by atoms with Crippen molar-refractivity contribution < 1.29 is 9.25 Å². The molecule has 1 N–H and O–H groups in total. The first kappa shape index (κ1) is 8.23. The number of hydrogen-bond acceptors (Lipinski definition) is 4. The number of hydroxylamine groups is 1. The van der Waals surface area contributed by atoms with E-state index in [4.69, 9.17) is 4.42 Å². The molecule has 1 heterocycles. The molecule has 4 heteroatoms. The van der Waals surface area contributed by atoms with Crippen LogP contribution < -0.4 is 5.48 Å². The van der Waals surface area contributed by atoms with Gasteiger partial charge in [-0.1, -0.05) is 0 Å². The summed E-state index contributed by atoms with van der Waals surface area (Å²) < 4.78 is 5.26. The molecule has 1 aromatic rings. The first-order valence-corrected chi connectivity index (χ1v) is 3.42. The van der Waals surface area contributed by atoms with Gasteiger partial charge in [0.05, 0.1) is 19.3 Å². The minimum absolute atomic E-state index is 0.559. The zero-order valence-electron chi connectivity index (χ0n) is 6.97. The number of nitrogens with one attached hydrogen (secondary N) is 1. The summed E-state index contributed by atoms with van der Waals surface area (Å²) in [5.41, 5.74) is 3.59. The molecule has 0 amide bonds. The van der Waals surface area contributed by atoms with Crippen molar-refractivity contribution in [3.63, 3.8) is 0 Å². The number of rotatable bonds is 3. The van der Waals surface area contributed by atoms with Crippen LogP contribution in [0.25, 0.3) is 0 Å². The first-order chi connectivity index (χ1) is 5.24. The van der Waals surface area contributed by atoms with Crippen molar-refractivity contribution in [3.05, 3.63) is 17.3 Å². The van der Waals surface area contributed by atoms with Gasteiger partial charge in [-0.15, -0.1) is 0 Å². The maximum Gasteiger partial charge on any atom is 0.191 e. The lowest BCUT2D eigenvalue weighted by molar-refractivity contribution is 0.0814. The highest BCUT2D eigenvalue weighted by Gasteiger charge is 2.04. The van der Waals surface area contributed by atoms with Crippen LogP contribution in [0.5, 0.6) is 0 Å². The molecular weight excluding hydrogens is 144 g/mol. The van der Waals surface area contributed by atoms with Crippen molar-refractivity contribution in [2.75, 3.05) is 7.11 Å². The van der Waals surface area contributed by atoms with E-state index in [2.05, 4.69) is 15.3 Å². The van der Waals surface area contributed by atoms with E-state index in [-0.39, 0.29) is 0 Å². The van der Waals surface area contributed by atoms with Gasteiger partial charge in [0.2, 0.25) is 0 Å². The molecule has 1 rings (SSSR count). The summed E-state index contributed by atoms with van der Waals surface area (Å²) in [7, 11) is 1.57. The van der Waals surface area contributed by atoms with Gasteiger partial charge in [0.1, 0.15) is 5.76 Å². The molecule has 0 saturated heterocycles. The fourth-order valence-electron chi connectivity index (χ4n) is 0.875. The Labute approximate surface area is 65.5 Å². The molecule has 0 aliphatic carbocycles. The Morgan fingerprint density at radius 1 is 1.55 bits per heavy atom. The smallest absolute Gasteiger partial charge is 0.191 e. The van der Waals surface area contributed by atoms with Crippen LogP contribution in [-0.4, -0.2) is 12.1 Å². The molecule has 0 spiro atoms. The van der Waals surface area contributed by atoms with Crippen molar-refractivity contribution >= 4 is 0 Å². The van der Waals surface area contributed by atoms with E-state index in [1.165, 1.54) is 0 Å². The summed E-state index contributed by atoms with van der Waals surface area (Å²) in [6.07, 6.45) is 0. The zero-order chi connectivity index (χ0) is 8.27. The summed E-state index contributed by atoms with van der Waals surface area (Å²) >= 11 is 0. The minimum atomic E-state index is 0.559. The van der Waals surface area contributed by atoms with Crippen LogP contribution in [0.4, 0.5) is 0 Å². The average Bonchev–Trinajstić information content (AvgIpc) is 2.26. The lowest BCUT2D eigenvalue weighted by Gasteiger charge is -1.96. The Morgan fingerprint density at radius 3 is 2.73 bits per heavy atom. The lowest BCUT2D eigenvalue weighted by Crippen LogP contribution is -2.10. The Morgan fingerprint density at radius 2 is 2.27 bits per heavy atom. The Kier molecular flexibility index (Phi) is 2.62. The molecule has 0 aromatic carbocycles. The lowest BCUT2D eigenvalue weighted by atomic mass is 10.4. The van der Waals surface area contributed by atoms with Gasteiger partial charge in [0.15, 0.2) is 5.89 Å². The minimum Gasteiger partial charge on any atom is -0.444 e. The van der Waals surface area contributed by atoms with E-state index in [1.54, 1.807) is 7.11 Å².